The van der Waals surface area contributed by atoms with E-state index in [1.54, 1.807) is 0 Å². The first-order valence-electron chi connectivity index (χ1n) is 7.59. The number of ether oxygens (including phenoxy) is 1. The zero-order valence-corrected chi connectivity index (χ0v) is 13.7. The van der Waals surface area contributed by atoms with Crippen molar-refractivity contribution in [3.05, 3.63) is 24.3 Å². The minimum atomic E-state index is -3.31. The molecule has 8 nitrogen and oxygen atoms in total. The van der Waals surface area contributed by atoms with Crippen molar-refractivity contribution in [3.8, 4) is 0 Å². The number of nitrogens with zero attached hydrogens (tertiary/aromatic N) is 3. The summed E-state index contributed by atoms with van der Waals surface area (Å²) in [6, 6.07) is -0.390. The van der Waals surface area contributed by atoms with Gasteiger partial charge in [-0.1, -0.05) is 0 Å². The molecule has 2 fully saturated rings. The molecule has 23 heavy (non-hydrogen) atoms. The largest absolute Gasteiger partial charge is 0.376 e. The van der Waals surface area contributed by atoms with Gasteiger partial charge in [0.25, 0.3) is 5.91 Å². The summed E-state index contributed by atoms with van der Waals surface area (Å²) >= 11 is 0. The number of carbonyl (C=O) groups excluding carboxylic acids is 1. The van der Waals surface area contributed by atoms with Gasteiger partial charge in [0.2, 0.25) is 10.0 Å². The number of sulfonamides is 1. The van der Waals surface area contributed by atoms with E-state index < -0.39 is 16.1 Å². The molecule has 0 spiro atoms. The molecule has 0 saturated carbocycles. The monoisotopic (exact) mass is 340 g/mol. The SMILES string of the molecule is CS(=O)(=O)N1C[C@@H]2CCCO[C@@H]2[C@H](NC(=O)c2cnccn2)C1. The maximum absolute atomic E-state index is 12.3. The molecule has 9 heteroatoms. The molecule has 0 radical (unpaired) electrons. The summed E-state index contributed by atoms with van der Waals surface area (Å²) in [5, 5.41) is 2.86. The third kappa shape index (κ3) is 3.67. The minimum Gasteiger partial charge on any atom is -0.376 e. The van der Waals surface area contributed by atoms with Gasteiger partial charge in [0.1, 0.15) is 5.69 Å². The van der Waals surface area contributed by atoms with Crippen molar-refractivity contribution in [2.24, 2.45) is 5.92 Å². The van der Waals surface area contributed by atoms with Crippen LogP contribution in [0.1, 0.15) is 23.3 Å². The van der Waals surface area contributed by atoms with Crippen molar-refractivity contribution < 1.29 is 17.9 Å². The average molecular weight is 340 g/mol. The Bertz CT molecular complexity index is 667. The Hall–Kier alpha value is -1.58. The van der Waals surface area contributed by atoms with Crippen molar-refractivity contribution >= 4 is 15.9 Å². The van der Waals surface area contributed by atoms with Gasteiger partial charge < -0.3 is 10.1 Å². The van der Waals surface area contributed by atoms with Crippen LogP contribution in [0, 0.1) is 5.92 Å². The number of hydrogen-bond donors (Lipinski definition) is 1. The fourth-order valence-electron chi connectivity index (χ4n) is 3.22. The molecule has 3 rings (SSSR count). The second kappa shape index (κ2) is 6.50. The Kier molecular flexibility index (Phi) is 4.60. The third-order valence-electron chi connectivity index (χ3n) is 4.31. The van der Waals surface area contributed by atoms with Gasteiger partial charge in [-0.05, 0) is 12.8 Å². The summed E-state index contributed by atoms with van der Waals surface area (Å²) in [6.07, 6.45) is 7.14. The highest BCUT2D eigenvalue weighted by Gasteiger charge is 2.42. The van der Waals surface area contributed by atoms with E-state index in [0.29, 0.717) is 13.2 Å². The summed E-state index contributed by atoms with van der Waals surface area (Å²) in [5.74, 6) is -0.272. The van der Waals surface area contributed by atoms with E-state index in [1.807, 2.05) is 0 Å². The summed E-state index contributed by atoms with van der Waals surface area (Å²) in [7, 11) is -3.31. The highest BCUT2D eigenvalue weighted by Crippen LogP contribution is 2.29. The minimum absolute atomic E-state index is 0.0967. The molecule has 0 unspecified atom stereocenters. The van der Waals surface area contributed by atoms with Crippen molar-refractivity contribution in [2.75, 3.05) is 26.0 Å². The van der Waals surface area contributed by atoms with Crippen LogP contribution in [0.15, 0.2) is 18.6 Å². The van der Waals surface area contributed by atoms with Crippen LogP contribution in [0.25, 0.3) is 0 Å². The topological polar surface area (TPSA) is 101 Å². The second-order valence-electron chi connectivity index (χ2n) is 5.99. The molecule has 1 amide bonds. The zero-order chi connectivity index (χ0) is 16.4. The Morgan fingerprint density at radius 1 is 1.39 bits per heavy atom. The van der Waals surface area contributed by atoms with E-state index in [2.05, 4.69) is 15.3 Å². The third-order valence-corrected chi connectivity index (χ3v) is 5.55. The fraction of sp³-hybridized carbons (Fsp3) is 0.643. The van der Waals surface area contributed by atoms with E-state index in [1.165, 1.54) is 29.2 Å². The number of piperidine rings is 1. The van der Waals surface area contributed by atoms with Gasteiger partial charge in [-0.2, -0.15) is 4.31 Å². The number of carbonyl (C=O) groups is 1. The van der Waals surface area contributed by atoms with Gasteiger partial charge >= 0.3 is 0 Å². The van der Waals surface area contributed by atoms with E-state index in [0.717, 1.165) is 12.8 Å². The van der Waals surface area contributed by atoms with Crippen LogP contribution in [0.5, 0.6) is 0 Å². The molecular weight excluding hydrogens is 320 g/mol. The molecular formula is C14H20N4O4S. The number of aromatic nitrogens is 2. The summed E-state index contributed by atoms with van der Waals surface area (Å²) in [4.78, 5) is 20.1. The molecule has 2 aliphatic rings. The average Bonchev–Trinajstić information content (AvgIpc) is 2.54. The van der Waals surface area contributed by atoms with E-state index in [4.69, 9.17) is 4.74 Å². The smallest absolute Gasteiger partial charge is 0.271 e. The van der Waals surface area contributed by atoms with Gasteiger partial charge in [0.15, 0.2) is 0 Å². The van der Waals surface area contributed by atoms with E-state index in [-0.39, 0.29) is 30.2 Å². The van der Waals surface area contributed by atoms with E-state index in [9.17, 15) is 13.2 Å². The van der Waals surface area contributed by atoms with Gasteiger partial charge in [-0.15, -0.1) is 0 Å². The molecule has 3 atom stereocenters. The van der Waals surface area contributed by atoms with Gasteiger partial charge in [0.05, 0.1) is 24.6 Å². The Morgan fingerprint density at radius 3 is 2.91 bits per heavy atom. The molecule has 0 aliphatic carbocycles. The first-order valence-corrected chi connectivity index (χ1v) is 9.43. The molecule has 3 heterocycles. The standard InChI is InChI=1S/C14H20N4O4S/c1-23(20,21)18-8-10-3-2-6-22-13(10)12(9-18)17-14(19)11-7-15-4-5-16-11/h4-5,7,10,12-13H,2-3,6,8-9H2,1H3,(H,17,19)/t10-,12+,13-/m0/s1. The van der Waals surface area contributed by atoms with Crippen LogP contribution < -0.4 is 5.32 Å². The zero-order valence-electron chi connectivity index (χ0n) is 12.9. The molecule has 1 aromatic heterocycles. The first-order chi connectivity index (χ1) is 10.9. The Balaban J connectivity index is 1.78. The lowest BCUT2D eigenvalue weighted by molar-refractivity contribution is -0.0705. The maximum atomic E-state index is 12.3. The predicted molar refractivity (Wildman–Crippen MR) is 82.2 cm³/mol. The van der Waals surface area contributed by atoms with Crippen molar-refractivity contribution in [2.45, 2.75) is 25.0 Å². The number of amides is 1. The Morgan fingerprint density at radius 2 is 2.22 bits per heavy atom. The van der Waals surface area contributed by atoms with Crippen molar-refractivity contribution in [1.82, 2.24) is 19.6 Å². The normalized spacial score (nSPS) is 28.8. The van der Waals surface area contributed by atoms with Crippen LogP contribution in [-0.2, 0) is 14.8 Å². The first kappa shape index (κ1) is 16.3. The molecule has 2 saturated heterocycles. The number of rotatable bonds is 3. The Labute approximate surface area is 135 Å². The lowest BCUT2D eigenvalue weighted by atomic mass is 9.86. The van der Waals surface area contributed by atoms with Crippen molar-refractivity contribution in [1.29, 1.82) is 0 Å². The van der Waals surface area contributed by atoms with Gasteiger partial charge in [0, 0.05) is 38.0 Å². The number of nitrogens with one attached hydrogen (secondary N) is 1. The molecule has 126 valence electrons. The second-order valence-corrected chi connectivity index (χ2v) is 7.97. The summed E-state index contributed by atoms with van der Waals surface area (Å²) < 4.78 is 31.1. The van der Waals surface area contributed by atoms with Crippen molar-refractivity contribution in [3.63, 3.8) is 0 Å². The number of hydrogen-bond acceptors (Lipinski definition) is 6. The lowest BCUT2D eigenvalue weighted by Crippen LogP contribution is -2.61. The van der Waals surface area contributed by atoms with Gasteiger partial charge in [-0.3, -0.25) is 9.78 Å². The lowest BCUT2D eigenvalue weighted by Gasteiger charge is -2.44. The quantitative estimate of drug-likeness (QED) is 0.807. The predicted octanol–water partition coefficient (Wildman–Crippen LogP) is -0.355. The van der Waals surface area contributed by atoms with Gasteiger partial charge in [-0.25, -0.2) is 13.4 Å². The fourth-order valence-corrected chi connectivity index (χ4v) is 4.12. The maximum Gasteiger partial charge on any atom is 0.271 e. The summed E-state index contributed by atoms with van der Waals surface area (Å²) in [6.45, 7) is 1.30. The summed E-state index contributed by atoms with van der Waals surface area (Å²) in [5.41, 5.74) is 0.205. The molecule has 0 bridgehead atoms. The van der Waals surface area contributed by atoms with Crippen LogP contribution in [-0.4, -0.2) is 66.7 Å². The molecule has 1 aromatic rings. The highest BCUT2D eigenvalue weighted by atomic mass is 32.2. The highest BCUT2D eigenvalue weighted by molar-refractivity contribution is 7.88. The molecule has 1 N–H and O–H groups in total. The number of fused-ring (bicyclic) bond motifs is 1. The van der Waals surface area contributed by atoms with Crippen LogP contribution in [0.3, 0.4) is 0 Å². The van der Waals surface area contributed by atoms with Crippen LogP contribution in [0.4, 0.5) is 0 Å². The molecule has 0 aromatic carbocycles. The van der Waals surface area contributed by atoms with Crippen LogP contribution >= 0.6 is 0 Å². The van der Waals surface area contributed by atoms with E-state index >= 15 is 0 Å². The molecule has 2 aliphatic heterocycles. The van der Waals surface area contributed by atoms with Crippen LogP contribution in [0.2, 0.25) is 0 Å².